The minimum atomic E-state index is -0.555. The van der Waals surface area contributed by atoms with Crippen molar-refractivity contribution in [1.29, 1.82) is 0 Å². The van der Waals surface area contributed by atoms with E-state index in [4.69, 9.17) is 11.6 Å². The van der Waals surface area contributed by atoms with Crippen molar-refractivity contribution in [3.05, 3.63) is 99.4 Å². The number of hydrogen-bond donors (Lipinski definition) is 4. The van der Waals surface area contributed by atoms with Gasteiger partial charge in [-0.15, -0.1) is 0 Å². The van der Waals surface area contributed by atoms with Crippen molar-refractivity contribution in [2.24, 2.45) is 0 Å². The van der Waals surface area contributed by atoms with Gasteiger partial charge in [0.25, 0.3) is 5.91 Å². The molecule has 0 aliphatic carbocycles. The van der Waals surface area contributed by atoms with Crippen LogP contribution in [0.25, 0.3) is 11.0 Å². The molecule has 0 saturated heterocycles. The van der Waals surface area contributed by atoms with E-state index in [2.05, 4.69) is 20.6 Å². The van der Waals surface area contributed by atoms with Gasteiger partial charge in [0.15, 0.2) is 0 Å². The summed E-state index contributed by atoms with van der Waals surface area (Å²) in [5, 5.41) is 6.06. The molecule has 0 spiro atoms. The number of amides is 2. The number of H-pyrrole nitrogens is 2. The molecule has 156 valence electrons. The van der Waals surface area contributed by atoms with Crippen molar-refractivity contribution >= 4 is 40.1 Å². The fourth-order valence-corrected chi connectivity index (χ4v) is 3.55. The third-order valence-electron chi connectivity index (χ3n) is 4.81. The van der Waals surface area contributed by atoms with Crippen LogP contribution >= 0.6 is 11.6 Å². The molecule has 31 heavy (non-hydrogen) atoms. The highest BCUT2D eigenvalue weighted by molar-refractivity contribution is 6.33. The van der Waals surface area contributed by atoms with Crippen LogP contribution in [0, 0.1) is 0 Å². The zero-order chi connectivity index (χ0) is 21.8. The molecule has 1 heterocycles. The predicted octanol–water partition coefficient (Wildman–Crippen LogP) is 4.01. The van der Waals surface area contributed by atoms with Crippen LogP contribution in [-0.2, 0) is 4.79 Å². The maximum Gasteiger partial charge on any atom is 0.323 e. The second-order valence-corrected chi connectivity index (χ2v) is 7.42. The SMILES string of the molecule is O=C(CC(NC(=O)c1ccccc1Cl)c1ccccc1)Nc1ccc2[nH]c(=O)[nH]c2c1. The average molecular weight is 435 g/mol. The number of carbonyl (C=O) groups is 2. The van der Waals surface area contributed by atoms with Gasteiger partial charge in [-0.3, -0.25) is 9.59 Å². The quantitative estimate of drug-likeness (QED) is 0.368. The molecule has 4 rings (SSSR count). The molecule has 8 heteroatoms. The van der Waals surface area contributed by atoms with Crippen LogP contribution < -0.4 is 16.3 Å². The van der Waals surface area contributed by atoms with Crippen LogP contribution in [0.15, 0.2) is 77.6 Å². The molecule has 0 bridgehead atoms. The Kier molecular flexibility index (Phi) is 5.86. The van der Waals surface area contributed by atoms with Gasteiger partial charge in [0.05, 0.1) is 34.1 Å². The van der Waals surface area contributed by atoms with Crippen LogP contribution in [0.5, 0.6) is 0 Å². The summed E-state index contributed by atoms with van der Waals surface area (Å²) >= 11 is 6.14. The highest BCUT2D eigenvalue weighted by Gasteiger charge is 2.20. The van der Waals surface area contributed by atoms with Crippen molar-refractivity contribution in [1.82, 2.24) is 15.3 Å². The Hall–Kier alpha value is -3.84. The molecule has 4 aromatic rings. The third kappa shape index (κ3) is 4.84. The molecular weight excluding hydrogens is 416 g/mol. The number of imidazole rings is 1. The number of rotatable bonds is 6. The molecule has 0 saturated carbocycles. The van der Waals surface area contributed by atoms with E-state index in [1.54, 1.807) is 42.5 Å². The van der Waals surface area contributed by atoms with Gasteiger partial charge in [-0.25, -0.2) is 4.79 Å². The lowest BCUT2D eigenvalue weighted by Crippen LogP contribution is -2.31. The van der Waals surface area contributed by atoms with Gasteiger partial charge in [-0.1, -0.05) is 54.1 Å². The molecule has 1 atom stereocenters. The van der Waals surface area contributed by atoms with Gasteiger partial charge in [-0.2, -0.15) is 0 Å². The van der Waals surface area contributed by atoms with E-state index < -0.39 is 6.04 Å². The number of carbonyl (C=O) groups excluding carboxylic acids is 2. The summed E-state index contributed by atoms with van der Waals surface area (Å²) in [6.07, 6.45) is 0.0158. The van der Waals surface area contributed by atoms with E-state index in [1.807, 2.05) is 30.3 Å². The number of nitrogens with one attached hydrogen (secondary N) is 4. The summed E-state index contributed by atoms with van der Waals surface area (Å²) in [5.41, 5.74) is 2.60. The van der Waals surface area contributed by atoms with Gasteiger partial charge in [0, 0.05) is 5.69 Å². The maximum atomic E-state index is 12.8. The molecule has 4 N–H and O–H groups in total. The Bertz CT molecular complexity index is 1300. The minimum Gasteiger partial charge on any atom is -0.345 e. The third-order valence-corrected chi connectivity index (χ3v) is 5.14. The van der Waals surface area contributed by atoms with E-state index in [-0.39, 0.29) is 23.9 Å². The topological polar surface area (TPSA) is 107 Å². The molecule has 1 unspecified atom stereocenters. The summed E-state index contributed by atoms with van der Waals surface area (Å²) in [6, 6.07) is 20.5. The molecule has 3 aromatic carbocycles. The van der Waals surface area contributed by atoms with Crippen LogP contribution in [-0.4, -0.2) is 21.8 Å². The lowest BCUT2D eigenvalue weighted by Gasteiger charge is -2.19. The number of anilines is 1. The Morgan fingerprint density at radius 2 is 1.61 bits per heavy atom. The Balaban J connectivity index is 1.52. The minimum absolute atomic E-state index is 0.0158. The number of halogens is 1. The molecule has 0 radical (unpaired) electrons. The monoisotopic (exact) mass is 434 g/mol. The largest absolute Gasteiger partial charge is 0.345 e. The zero-order valence-corrected chi connectivity index (χ0v) is 17.1. The second kappa shape index (κ2) is 8.89. The lowest BCUT2D eigenvalue weighted by molar-refractivity contribution is -0.116. The normalized spacial score (nSPS) is 11.8. The molecule has 0 aliphatic heterocycles. The number of aromatic amines is 2. The van der Waals surface area contributed by atoms with E-state index in [1.165, 1.54) is 0 Å². The first-order chi connectivity index (χ1) is 15.0. The van der Waals surface area contributed by atoms with Gasteiger partial charge in [0.2, 0.25) is 5.91 Å². The van der Waals surface area contributed by atoms with Crippen LogP contribution in [0.4, 0.5) is 5.69 Å². The van der Waals surface area contributed by atoms with Crippen molar-refractivity contribution < 1.29 is 9.59 Å². The van der Waals surface area contributed by atoms with Crippen LogP contribution in [0.1, 0.15) is 28.4 Å². The van der Waals surface area contributed by atoms with Crippen molar-refractivity contribution in [3.8, 4) is 0 Å². The molecule has 2 amide bonds. The van der Waals surface area contributed by atoms with Gasteiger partial charge < -0.3 is 20.6 Å². The highest BCUT2D eigenvalue weighted by Crippen LogP contribution is 2.22. The number of fused-ring (bicyclic) bond motifs is 1. The van der Waals surface area contributed by atoms with Gasteiger partial charge in [0.1, 0.15) is 0 Å². The first-order valence-electron chi connectivity index (χ1n) is 9.62. The average Bonchev–Trinajstić information content (AvgIpc) is 3.13. The van der Waals surface area contributed by atoms with E-state index in [0.29, 0.717) is 27.3 Å². The summed E-state index contributed by atoms with van der Waals surface area (Å²) in [6.45, 7) is 0. The molecule has 0 aliphatic rings. The van der Waals surface area contributed by atoms with Gasteiger partial charge >= 0.3 is 5.69 Å². The highest BCUT2D eigenvalue weighted by atomic mass is 35.5. The second-order valence-electron chi connectivity index (χ2n) is 7.01. The Morgan fingerprint density at radius 3 is 2.39 bits per heavy atom. The Labute approximate surface area is 182 Å². The van der Waals surface area contributed by atoms with Crippen molar-refractivity contribution in [3.63, 3.8) is 0 Å². The molecular formula is C23H19ClN4O3. The Morgan fingerprint density at radius 1 is 0.903 bits per heavy atom. The standard InChI is InChI=1S/C23H19ClN4O3/c24-17-9-5-4-8-16(17)22(30)26-19(14-6-2-1-3-7-14)13-21(29)25-15-10-11-18-20(12-15)28-23(31)27-18/h1-12,19H,13H2,(H,25,29)(H,26,30)(H2,27,28,31). The lowest BCUT2D eigenvalue weighted by atomic mass is 10.0. The van der Waals surface area contributed by atoms with Crippen LogP contribution in [0.2, 0.25) is 5.02 Å². The van der Waals surface area contributed by atoms with Gasteiger partial charge in [-0.05, 0) is 35.9 Å². The summed E-state index contributed by atoms with van der Waals surface area (Å²) in [7, 11) is 0. The molecule has 7 nitrogen and oxygen atoms in total. The smallest absolute Gasteiger partial charge is 0.323 e. The molecule has 0 fully saturated rings. The summed E-state index contributed by atoms with van der Waals surface area (Å²) in [4.78, 5) is 42.3. The predicted molar refractivity (Wildman–Crippen MR) is 120 cm³/mol. The van der Waals surface area contributed by atoms with Crippen molar-refractivity contribution in [2.45, 2.75) is 12.5 Å². The van der Waals surface area contributed by atoms with E-state index in [0.717, 1.165) is 5.56 Å². The maximum absolute atomic E-state index is 12.8. The fraction of sp³-hybridized carbons (Fsp3) is 0.0870. The van der Waals surface area contributed by atoms with E-state index >= 15 is 0 Å². The zero-order valence-electron chi connectivity index (χ0n) is 16.3. The first kappa shape index (κ1) is 20.4. The number of hydrogen-bond acceptors (Lipinski definition) is 3. The number of aromatic nitrogens is 2. The first-order valence-corrected chi connectivity index (χ1v) is 9.99. The fourth-order valence-electron chi connectivity index (χ4n) is 3.33. The number of benzene rings is 3. The van der Waals surface area contributed by atoms with Crippen LogP contribution in [0.3, 0.4) is 0 Å². The summed E-state index contributed by atoms with van der Waals surface area (Å²) < 4.78 is 0. The summed E-state index contributed by atoms with van der Waals surface area (Å²) in [5.74, 6) is -0.649. The van der Waals surface area contributed by atoms with Crippen molar-refractivity contribution in [2.75, 3.05) is 5.32 Å². The molecule has 1 aromatic heterocycles. The van der Waals surface area contributed by atoms with E-state index in [9.17, 15) is 14.4 Å².